The number of aromatic nitrogens is 1. The van der Waals surface area contributed by atoms with Gasteiger partial charge in [0, 0.05) is 6.21 Å². The summed E-state index contributed by atoms with van der Waals surface area (Å²) in [6.07, 6.45) is 10.3. The summed E-state index contributed by atoms with van der Waals surface area (Å²) >= 11 is 0. The fourth-order valence-electron chi connectivity index (χ4n) is 2.65. The Labute approximate surface area is 125 Å². The maximum atomic E-state index is 4.68. The van der Waals surface area contributed by atoms with E-state index in [-0.39, 0.29) is 0 Å². The molecule has 3 rings (SSSR count). The van der Waals surface area contributed by atoms with Gasteiger partial charge in [0.15, 0.2) is 0 Å². The zero-order valence-electron chi connectivity index (χ0n) is 12.2. The van der Waals surface area contributed by atoms with Crippen molar-refractivity contribution in [3.63, 3.8) is 0 Å². The van der Waals surface area contributed by atoms with Crippen LogP contribution in [0, 0.1) is 0 Å². The van der Waals surface area contributed by atoms with Gasteiger partial charge < -0.3 is 4.98 Å². The lowest BCUT2D eigenvalue weighted by molar-refractivity contribution is 0.444. The predicted octanol–water partition coefficient (Wildman–Crippen LogP) is 4.52. The number of nitrogens with one attached hydrogen (secondary N) is 1. The van der Waals surface area contributed by atoms with E-state index in [4.69, 9.17) is 0 Å². The summed E-state index contributed by atoms with van der Waals surface area (Å²) < 4.78 is 0. The molecular weight excluding hydrogens is 258 g/mol. The number of para-hydroxylation sites is 1. The highest BCUT2D eigenvalue weighted by Gasteiger charge is 2.10. The Balaban J connectivity index is 1.60. The summed E-state index contributed by atoms with van der Waals surface area (Å²) in [5.41, 5.74) is 3.02. The van der Waals surface area contributed by atoms with Crippen LogP contribution in [-0.4, -0.2) is 23.5 Å². The van der Waals surface area contributed by atoms with Gasteiger partial charge in [-0.15, -0.1) is 0 Å². The number of rotatable bonds is 4. The molecule has 3 nitrogen and oxygen atoms in total. The van der Waals surface area contributed by atoms with Gasteiger partial charge in [0.25, 0.3) is 0 Å². The molecule has 0 radical (unpaired) electrons. The van der Waals surface area contributed by atoms with Crippen molar-refractivity contribution in [1.82, 2.24) is 4.98 Å². The molecule has 3 heteroatoms. The Morgan fingerprint density at radius 2 is 1.57 bits per heavy atom. The molecular formula is C18H21N3. The van der Waals surface area contributed by atoms with Crippen molar-refractivity contribution in [2.24, 2.45) is 9.98 Å². The average Bonchev–Trinajstić information content (AvgIpc) is 3.01. The van der Waals surface area contributed by atoms with Gasteiger partial charge in [0.05, 0.1) is 29.3 Å². The molecule has 1 saturated carbocycles. The maximum Gasteiger partial charge on any atom is 0.0630 e. The summed E-state index contributed by atoms with van der Waals surface area (Å²) in [4.78, 5) is 12.4. The van der Waals surface area contributed by atoms with Crippen molar-refractivity contribution in [1.29, 1.82) is 0 Å². The van der Waals surface area contributed by atoms with Crippen molar-refractivity contribution < 1.29 is 0 Å². The molecule has 1 heterocycles. The number of benzene rings is 1. The lowest BCUT2D eigenvalue weighted by atomic mass is 9.96. The number of aliphatic imine (C=N–C) groups is 2. The molecule has 0 bridgehead atoms. The van der Waals surface area contributed by atoms with Crippen LogP contribution in [0.25, 0.3) is 0 Å². The van der Waals surface area contributed by atoms with E-state index < -0.39 is 0 Å². The fraction of sp³-hybridized carbons (Fsp3) is 0.333. The second kappa shape index (κ2) is 7.02. The number of hydrogen-bond donors (Lipinski definition) is 1. The van der Waals surface area contributed by atoms with Crippen molar-refractivity contribution in [3.05, 3.63) is 53.9 Å². The number of aromatic amines is 1. The van der Waals surface area contributed by atoms with Gasteiger partial charge in [-0.3, -0.25) is 9.98 Å². The highest BCUT2D eigenvalue weighted by molar-refractivity contribution is 5.84. The molecule has 0 aliphatic heterocycles. The molecule has 1 N–H and O–H groups in total. The third kappa shape index (κ3) is 4.15. The van der Waals surface area contributed by atoms with E-state index in [9.17, 15) is 0 Å². The Hall–Kier alpha value is -2.16. The SMILES string of the molecule is C(=Nc1ccccc1)c1ccc(C=NC2CCCCC2)[nH]1. The zero-order chi connectivity index (χ0) is 14.3. The smallest absolute Gasteiger partial charge is 0.0630 e. The fourth-order valence-corrected chi connectivity index (χ4v) is 2.65. The first-order valence-electron chi connectivity index (χ1n) is 7.71. The molecule has 1 aliphatic carbocycles. The molecule has 1 aromatic heterocycles. The van der Waals surface area contributed by atoms with Crippen LogP contribution >= 0.6 is 0 Å². The molecule has 0 atom stereocenters. The molecule has 2 aromatic rings. The minimum Gasteiger partial charge on any atom is -0.353 e. The molecule has 1 aromatic carbocycles. The van der Waals surface area contributed by atoms with Gasteiger partial charge in [0.2, 0.25) is 0 Å². The van der Waals surface area contributed by atoms with Crippen LogP contribution in [0.15, 0.2) is 52.4 Å². The largest absolute Gasteiger partial charge is 0.353 e. The van der Waals surface area contributed by atoms with Gasteiger partial charge in [-0.2, -0.15) is 0 Å². The van der Waals surface area contributed by atoms with Crippen LogP contribution < -0.4 is 0 Å². The summed E-state index contributed by atoms with van der Waals surface area (Å²) in [6.45, 7) is 0. The van der Waals surface area contributed by atoms with Gasteiger partial charge in [-0.25, -0.2) is 0 Å². The van der Waals surface area contributed by atoms with Crippen LogP contribution in [0.4, 0.5) is 5.69 Å². The van der Waals surface area contributed by atoms with Gasteiger partial charge in [0.1, 0.15) is 0 Å². The summed E-state index contributed by atoms with van der Waals surface area (Å²) in [5, 5.41) is 0. The number of hydrogen-bond acceptors (Lipinski definition) is 2. The van der Waals surface area contributed by atoms with Gasteiger partial charge in [-0.1, -0.05) is 37.5 Å². The van der Waals surface area contributed by atoms with Gasteiger partial charge >= 0.3 is 0 Å². The second-order valence-corrected chi connectivity index (χ2v) is 5.53. The molecule has 21 heavy (non-hydrogen) atoms. The summed E-state index contributed by atoms with van der Waals surface area (Å²) in [5.74, 6) is 0. The molecule has 0 spiro atoms. The lowest BCUT2D eigenvalue weighted by Crippen LogP contribution is -2.09. The van der Waals surface area contributed by atoms with Crippen LogP contribution in [0.1, 0.15) is 43.5 Å². The van der Waals surface area contributed by atoms with Crippen LogP contribution in [0.2, 0.25) is 0 Å². The topological polar surface area (TPSA) is 40.5 Å². The Kier molecular flexibility index (Phi) is 4.62. The van der Waals surface area contributed by atoms with Crippen molar-refractivity contribution >= 4 is 18.1 Å². The monoisotopic (exact) mass is 279 g/mol. The average molecular weight is 279 g/mol. The third-order valence-corrected chi connectivity index (χ3v) is 3.84. The normalized spacial score (nSPS) is 17.0. The first-order chi connectivity index (χ1) is 10.4. The maximum absolute atomic E-state index is 4.68. The van der Waals surface area contributed by atoms with E-state index in [0.29, 0.717) is 6.04 Å². The Bertz CT molecular complexity index is 604. The van der Waals surface area contributed by atoms with E-state index in [2.05, 4.69) is 21.0 Å². The summed E-state index contributed by atoms with van der Waals surface area (Å²) in [7, 11) is 0. The van der Waals surface area contributed by atoms with Crippen molar-refractivity contribution in [2.75, 3.05) is 0 Å². The molecule has 0 unspecified atom stereocenters. The number of nitrogens with zero attached hydrogens (tertiary/aromatic N) is 2. The molecule has 0 amide bonds. The third-order valence-electron chi connectivity index (χ3n) is 3.84. The predicted molar refractivity (Wildman–Crippen MR) is 89.0 cm³/mol. The Morgan fingerprint density at radius 3 is 2.33 bits per heavy atom. The van der Waals surface area contributed by atoms with E-state index in [1.807, 2.05) is 48.8 Å². The van der Waals surface area contributed by atoms with Gasteiger partial charge in [-0.05, 0) is 37.1 Å². The standard InChI is InChI=1S/C18H21N3/c1-3-7-15(8-4-1)19-13-17-11-12-18(21-17)14-20-16-9-5-2-6-10-16/h1,3-4,7-8,11-14,16,21H,2,5-6,9-10H2. The Morgan fingerprint density at radius 1 is 0.857 bits per heavy atom. The molecule has 1 aliphatic rings. The first-order valence-corrected chi connectivity index (χ1v) is 7.71. The summed E-state index contributed by atoms with van der Waals surface area (Å²) in [6, 6.07) is 14.6. The van der Waals surface area contributed by atoms with Crippen molar-refractivity contribution in [2.45, 2.75) is 38.1 Å². The zero-order valence-corrected chi connectivity index (χ0v) is 12.2. The van der Waals surface area contributed by atoms with E-state index in [1.165, 1.54) is 32.1 Å². The first kappa shape index (κ1) is 13.8. The van der Waals surface area contributed by atoms with Crippen LogP contribution in [-0.2, 0) is 0 Å². The minimum atomic E-state index is 0.517. The van der Waals surface area contributed by atoms with E-state index in [1.54, 1.807) is 0 Å². The number of H-pyrrole nitrogens is 1. The molecule has 108 valence electrons. The molecule has 0 saturated heterocycles. The quantitative estimate of drug-likeness (QED) is 0.800. The lowest BCUT2D eigenvalue weighted by Gasteiger charge is -2.16. The van der Waals surface area contributed by atoms with Crippen molar-refractivity contribution in [3.8, 4) is 0 Å². The molecule has 1 fully saturated rings. The highest BCUT2D eigenvalue weighted by atomic mass is 14.8. The van der Waals surface area contributed by atoms with E-state index >= 15 is 0 Å². The van der Waals surface area contributed by atoms with Crippen LogP contribution in [0.5, 0.6) is 0 Å². The van der Waals surface area contributed by atoms with E-state index in [0.717, 1.165) is 17.1 Å². The minimum absolute atomic E-state index is 0.517. The highest BCUT2D eigenvalue weighted by Crippen LogP contribution is 2.20. The second-order valence-electron chi connectivity index (χ2n) is 5.53. The van der Waals surface area contributed by atoms with Crippen LogP contribution in [0.3, 0.4) is 0 Å².